The molecule has 0 amide bonds. The van der Waals surface area contributed by atoms with Crippen LogP contribution < -0.4 is 4.74 Å². The Balaban J connectivity index is 1.91. The topological polar surface area (TPSA) is 61.6 Å². The zero-order chi connectivity index (χ0) is 16.5. The van der Waals surface area contributed by atoms with E-state index in [0.29, 0.717) is 13.2 Å². The molecule has 2 aromatic rings. The first-order valence-corrected chi connectivity index (χ1v) is 7.07. The van der Waals surface area contributed by atoms with Gasteiger partial charge < -0.3 is 9.47 Å². The fourth-order valence-electron chi connectivity index (χ4n) is 1.87. The van der Waals surface area contributed by atoms with Gasteiger partial charge in [0.1, 0.15) is 19.0 Å². The van der Waals surface area contributed by atoms with Crippen LogP contribution in [0.1, 0.15) is 11.1 Å². The molecule has 0 radical (unpaired) electrons. The number of nitro groups is 1. The van der Waals surface area contributed by atoms with E-state index in [-0.39, 0.29) is 5.69 Å². The number of ether oxygens (including phenoxy) is 2. The lowest BCUT2D eigenvalue weighted by atomic mass is 10.1. The summed E-state index contributed by atoms with van der Waals surface area (Å²) in [5, 5.41) is 10.6. The highest BCUT2D eigenvalue weighted by atomic mass is 16.6. The highest BCUT2D eigenvalue weighted by Crippen LogP contribution is 2.16. The number of rotatable bonds is 8. The van der Waals surface area contributed by atoms with E-state index in [1.807, 2.05) is 36.4 Å². The maximum absolute atomic E-state index is 10.6. The van der Waals surface area contributed by atoms with Crippen LogP contribution in [-0.2, 0) is 4.74 Å². The third-order valence-corrected chi connectivity index (χ3v) is 3.04. The van der Waals surface area contributed by atoms with Crippen molar-refractivity contribution in [1.82, 2.24) is 0 Å². The van der Waals surface area contributed by atoms with Gasteiger partial charge in [0.2, 0.25) is 0 Å². The molecule has 0 aromatic heterocycles. The van der Waals surface area contributed by atoms with E-state index in [1.54, 1.807) is 12.1 Å². The molecular weight excluding hydrogens is 294 g/mol. The second kappa shape index (κ2) is 8.38. The molecule has 5 heteroatoms. The van der Waals surface area contributed by atoms with Crippen LogP contribution in [0.4, 0.5) is 5.69 Å². The average molecular weight is 311 g/mol. The molecule has 0 bridgehead atoms. The first-order chi connectivity index (χ1) is 11.2. The normalized spacial score (nSPS) is 10.4. The molecule has 118 valence electrons. The number of hydrogen-bond donors (Lipinski definition) is 0. The Bertz CT molecular complexity index is 675. The second-order valence-corrected chi connectivity index (χ2v) is 4.64. The Hall–Kier alpha value is -3.08. The van der Waals surface area contributed by atoms with Crippen molar-refractivity contribution in [2.45, 2.75) is 0 Å². The van der Waals surface area contributed by atoms with Crippen LogP contribution in [-0.4, -0.2) is 18.1 Å². The molecule has 23 heavy (non-hydrogen) atoms. The molecule has 0 fully saturated rings. The first-order valence-electron chi connectivity index (χ1n) is 7.07. The quantitative estimate of drug-likeness (QED) is 0.240. The fourth-order valence-corrected chi connectivity index (χ4v) is 1.87. The van der Waals surface area contributed by atoms with Gasteiger partial charge >= 0.3 is 0 Å². The number of nitrogens with zero attached hydrogens (tertiary/aromatic N) is 1. The summed E-state index contributed by atoms with van der Waals surface area (Å²) < 4.78 is 10.5. The molecule has 0 aliphatic heterocycles. The zero-order valence-electron chi connectivity index (χ0n) is 12.6. The molecule has 0 spiro atoms. The highest BCUT2D eigenvalue weighted by Gasteiger charge is 2.02. The van der Waals surface area contributed by atoms with Gasteiger partial charge in [0.25, 0.3) is 5.69 Å². The van der Waals surface area contributed by atoms with E-state index in [2.05, 4.69) is 6.58 Å². The molecule has 2 rings (SSSR count). The second-order valence-electron chi connectivity index (χ2n) is 4.64. The minimum Gasteiger partial charge on any atom is -0.498 e. The van der Waals surface area contributed by atoms with Crippen molar-refractivity contribution in [3.05, 3.63) is 82.6 Å². The van der Waals surface area contributed by atoms with E-state index >= 15 is 0 Å². The molecule has 0 atom stereocenters. The monoisotopic (exact) mass is 311 g/mol. The SMILES string of the molecule is C=COCCOc1ccc(C=Cc2ccc([N+](=O)[O-])cc2)cc1. The van der Waals surface area contributed by atoms with Gasteiger partial charge in [0.05, 0.1) is 11.2 Å². The van der Waals surface area contributed by atoms with Gasteiger partial charge in [-0.05, 0) is 35.4 Å². The molecular formula is C18H17NO4. The first kappa shape index (κ1) is 16.3. The van der Waals surface area contributed by atoms with E-state index in [4.69, 9.17) is 9.47 Å². The largest absolute Gasteiger partial charge is 0.498 e. The Morgan fingerprint density at radius 1 is 0.957 bits per heavy atom. The van der Waals surface area contributed by atoms with E-state index in [0.717, 1.165) is 16.9 Å². The molecule has 2 aromatic carbocycles. The zero-order valence-corrected chi connectivity index (χ0v) is 12.6. The van der Waals surface area contributed by atoms with Gasteiger partial charge in [0.15, 0.2) is 0 Å². The predicted molar refractivity (Wildman–Crippen MR) is 90.1 cm³/mol. The predicted octanol–water partition coefficient (Wildman–Crippen LogP) is 4.30. The lowest BCUT2D eigenvalue weighted by Gasteiger charge is -2.05. The molecule has 0 unspecified atom stereocenters. The summed E-state index contributed by atoms with van der Waals surface area (Å²) >= 11 is 0. The number of nitro benzene ring substituents is 1. The van der Waals surface area contributed by atoms with Crippen LogP contribution in [0.5, 0.6) is 5.75 Å². The maximum atomic E-state index is 10.6. The maximum Gasteiger partial charge on any atom is 0.269 e. The summed E-state index contributed by atoms with van der Waals surface area (Å²) in [5.41, 5.74) is 2.00. The van der Waals surface area contributed by atoms with Crippen LogP contribution in [0, 0.1) is 10.1 Å². The van der Waals surface area contributed by atoms with Crippen molar-refractivity contribution in [3.8, 4) is 5.75 Å². The van der Waals surface area contributed by atoms with Crippen molar-refractivity contribution in [3.63, 3.8) is 0 Å². The average Bonchev–Trinajstić information content (AvgIpc) is 2.58. The van der Waals surface area contributed by atoms with Crippen LogP contribution in [0.15, 0.2) is 61.4 Å². The number of hydrogen-bond acceptors (Lipinski definition) is 4. The molecule has 0 aliphatic carbocycles. The van der Waals surface area contributed by atoms with Crippen molar-refractivity contribution in [2.24, 2.45) is 0 Å². The summed E-state index contributed by atoms with van der Waals surface area (Å²) in [6, 6.07) is 14.0. The summed E-state index contributed by atoms with van der Waals surface area (Å²) in [7, 11) is 0. The van der Waals surface area contributed by atoms with Gasteiger partial charge in [-0.25, -0.2) is 0 Å². The Labute approximate surface area is 134 Å². The van der Waals surface area contributed by atoms with E-state index < -0.39 is 4.92 Å². The highest BCUT2D eigenvalue weighted by molar-refractivity contribution is 5.70. The lowest BCUT2D eigenvalue weighted by molar-refractivity contribution is -0.384. The smallest absolute Gasteiger partial charge is 0.269 e. The van der Waals surface area contributed by atoms with Crippen LogP contribution in [0.2, 0.25) is 0 Å². The van der Waals surface area contributed by atoms with Crippen molar-refractivity contribution < 1.29 is 14.4 Å². The third kappa shape index (κ3) is 5.32. The van der Waals surface area contributed by atoms with Gasteiger partial charge in [-0.15, -0.1) is 0 Å². The van der Waals surface area contributed by atoms with Crippen LogP contribution in [0.3, 0.4) is 0 Å². The Morgan fingerprint density at radius 2 is 1.52 bits per heavy atom. The molecule has 0 saturated carbocycles. The van der Waals surface area contributed by atoms with Crippen LogP contribution in [0.25, 0.3) is 12.2 Å². The third-order valence-electron chi connectivity index (χ3n) is 3.04. The van der Waals surface area contributed by atoms with Crippen molar-refractivity contribution >= 4 is 17.8 Å². The molecule has 0 heterocycles. The summed E-state index contributed by atoms with van der Waals surface area (Å²) in [4.78, 5) is 10.2. The van der Waals surface area contributed by atoms with E-state index in [1.165, 1.54) is 18.4 Å². The van der Waals surface area contributed by atoms with E-state index in [9.17, 15) is 10.1 Å². The number of benzene rings is 2. The Morgan fingerprint density at radius 3 is 2.04 bits per heavy atom. The van der Waals surface area contributed by atoms with Gasteiger partial charge in [-0.2, -0.15) is 0 Å². The summed E-state index contributed by atoms with van der Waals surface area (Å²) in [6.07, 6.45) is 5.22. The summed E-state index contributed by atoms with van der Waals surface area (Å²) in [5.74, 6) is 0.769. The van der Waals surface area contributed by atoms with Gasteiger partial charge in [-0.1, -0.05) is 30.9 Å². The molecule has 5 nitrogen and oxygen atoms in total. The Kier molecular flexibility index (Phi) is 5.94. The summed E-state index contributed by atoms with van der Waals surface area (Å²) in [6.45, 7) is 4.38. The van der Waals surface area contributed by atoms with Gasteiger partial charge in [0, 0.05) is 12.1 Å². The molecule has 0 aliphatic rings. The lowest BCUT2D eigenvalue weighted by Crippen LogP contribution is -2.03. The van der Waals surface area contributed by atoms with Crippen molar-refractivity contribution in [2.75, 3.05) is 13.2 Å². The fraction of sp³-hybridized carbons (Fsp3) is 0.111. The minimum atomic E-state index is -0.410. The minimum absolute atomic E-state index is 0.0871. The number of non-ortho nitro benzene ring substituents is 1. The standard InChI is InChI=1S/C18H17NO4/c1-2-22-13-14-23-18-11-7-16(8-12-18)4-3-15-5-9-17(10-6-15)19(20)21/h2-12H,1,13-14H2. The molecule has 0 N–H and O–H groups in total. The van der Waals surface area contributed by atoms with Crippen LogP contribution >= 0.6 is 0 Å². The van der Waals surface area contributed by atoms with Crippen molar-refractivity contribution in [1.29, 1.82) is 0 Å². The molecule has 0 saturated heterocycles. The van der Waals surface area contributed by atoms with Gasteiger partial charge in [-0.3, -0.25) is 10.1 Å².